The molecule has 2 aromatic heterocycles. The summed E-state index contributed by atoms with van der Waals surface area (Å²) < 4.78 is 40.0. The van der Waals surface area contributed by atoms with Gasteiger partial charge in [-0.25, -0.2) is 4.68 Å². The predicted molar refractivity (Wildman–Crippen MR) is 91.8 cm³/mol. The summed E-state index contributed by atoms with van der Waals surface area (Å²) in [5.41, 5.74) is -1.15. The van der Waals surface area contributed by atoms with E-state index in [1.54, 1.807) is 0 Å². The molecule has 0 spiro atoms. The normalized spacial score (nSPS) is 11.3. The molecule has 9 heteroatoms. The van der Waals surface area contributed by atoms with E-state index in [0.717, 1.165) is 22.9 Å². The smallest absolute Gasteiger partial charge is 0.320 e. The minimum absolute atomic E-state index is 0.0836. The van der Waals surface area contributed by atoms with Crippen molar-refractivity contribution in [2.75, 3.05) is 5.32 Å². The van der Waals surface area contributed by atoms with E-state index in [0.29, 0.717) is 11.4 Å². The molecule has 27 heavy (non-hydrogen) atoms. The topological polar surface area (TPSA) is 76.9 Å². The van der Waals surface area contributed by atoms with Crippen LogP contribution in [0.3, 0.4) is 0 Å². The SMILES string of the molecule is Cc1cc(=O)c(C(=O)Nc2ccncc2)nn1-c1cccc(C(F)(F)F)c1. The van der Waals surface area contributed by atoms with E-state index >= 15 is 0 Å². The standard InChI is InChI=1S/C18H13F3N4O2/c1-11-9-15(26)16(17(27)23-13-5-7-22-8-6-13)24-25(11)14-4-2-3-12(10-14)18(19,20)21/h2-10H,1H3,(H,22,23,27). The number of rotatable bonds is 3. The van der Waals surface area contributed by atoms with Crippen molar-refractivity contribution >= 4 is 11.6 Å². The number of aryl methyl sites for hydroxylation is 1. The highest BCUT2D eigenvalue weighted by atomic mass is 19.4. The van der Waals surface area contributed by atoms with Crippen molar-refractivity contribution in [1.82, 2.24) is 14.8 Å². The maximum atomic E-state index is 12.9. The maximum Gasteiger partial charge on any atom is 0.416 e. The summed E-state index contributed by atoms with van der Waals surface area (Å²) in [6.07, 6.45) is -1.61. The largest absolute Gasteiger partial charge is 0.416 e. The van der Waals surface area contributed by atoms with Gasteiger partial charge in [-0.3, -0.25) is 14.6 Å². The van der Waals surface area contributed by atoms with Gasteiger partial charge in [0, 0.05) is 29.8 Å². The number of alkyl halides is 3. The molecule has 0 saturated carbocycles. The number of halogens is 3. The first kappa shape index (κ1) is 18.3. The van der Waals surface area contributed by atoms with Crippen molar-refractivity contribution in [2.24, 2.45) is 0 Å². The first-order valence-electron chi connectivity index (χ1n) is 7.76. The van der Waals surface area contributed by atoms with Gasteiger partial charge in [-0.05, 0) is 37.3 Å². The minimum atomic E-state index is -4.52. The second-order valence-corrected chi connectivity index (χ2v) is 5.65. The van der Waals surface area contributed by atoms with Crippen LogP contribution in [-0.2, 0) is 6.18 Å². The first-order chi connectivity index (χ1) is 12.8. The van der Waals surface area contributed by atoms with Crippen molar-refractivity contribution in [3.63, 3.8) is 0 Å². The lowest BCUT2D eigenvalue weighted by molar-refractivity contribution is -0.137. The van der Waals surface area contributed by atoms with Gasteiger partial charge in [-0.1, -0.05) is 6.07 Å². The highest BCUT2D eigenvalue weighted by Crippen LogP contribution is 2.30. The second kappa shape index (κ2) is 7.02. The number of hydrogen-bond acceptors (Lipinski definition) is 4. The molecule has 3 aromatic rings. The van der Waals surface area contributed by atoms with Gasteiger partial charge >= 0.3 is 6.18 Å². The molecule has 0 aliphatic carbocycles. The summed E-state index contributed by atoms with van der Waals surface area (Å²) in [5, 5.41) is 6.47. The van der Waals surface area contributed by atoms with Gasteiger partial charge in [0.2, 0.25) is 5.43 Å². The Balaban J connectivity index is 2.02. The van der Waals surface area contributed by atoms with Crippen molar-refractivity contribution in [2.45, 2.75) is 13.1 Å². The van der Waals surface area contributed by atoms with Gasteiger partial charge in [0.25, 0.3) is 5.91 Å². The van der Waals surface area contributed by atoms with Crippen LogP contribution >= 0.6 is 0 Å². The third-order valence-electron chi connectivity index (χ3n) is 3.68. The summed E-state index contributed by atoms with van der Waals surface area (Å²) in [6, 6.07) is 8.66. The molecule has 0 fully saturated rings. The molecular formula is C18H13F3N4O2. The molecular weight excluding hydrogens is 361 g/mol. The van der Waals surface area contributed by atoms with E-state index in [1.165, 1.54) is 43.6 Å². The Labute approximate surface area is 151 Å². The molecule has 0 aliphatic rings. The molecule has 0 aliphatic heterocycles. The zero-order valence-electron chi connectivity index (χ0n) is 14.0. The van der Waals surface area contributed by atoms with E-state index in [2.05, 4.69) is 15.4 Å². The van der Waals surface area contributed by atoms with E-state index in [1.807, 2.05) is 0 Å². The Morgan fingerprint density at radius 3 is 2.48 bits per heavy atom. The lowest BCUT2D eigenvalue weighted by Gasteiger charge is -2.13. The van der Waals surface area contributed by atoms with Crippen LogP contribution in [0.2, 0.25) is 0 Å². The van der Waals surface area contributed by atoms with E-state index in [9.17, 15) is 22.8 Å². The lowest BCUT2D eigenvalue weighted by Crippen LogP contribution is -2.27. The van der Waals surface area contributed by atoms with Crippen LogP contribution in [0, 0.1) is 6.92 Å². The average Bonchev–Trinajstić information content (AvgIpc) is 2.62. The molecule has 2 heterocycles. The van der Waals surface area contributed by atoms with Crippen LogP contribution in [-0.4, -0.2) is 20.7 Å². The van der Waals surface area contributed by atoms with Crippen LogP contribution in [0.15, 0.2) is 59.7 Å². The van der Waals surface area contributed by atoms with Crippen LogP contribution in [0.25, 0.3) is 5.69 Å². The summed E-state index contributed by atoms with van der Waals surface area (Å²) in [7, 11) is 0. The average molecular weight is 374 g/mol. The number of amides is 1. The fraction of sp³-hybridized carbons (Fsp3) is 0.111. The molecule has 3 rings (SSSR count). The van der Waals surface area contributed by atoms with E-state index in [-0.39, 0.29) is 5.69 Å². The Kier molecular flexibility index (Phi) is 4.76. The molecule has 0 radical (unpaired) electrons. The molecule has 1 N–H and O–H groups in total. The zero-order chi connectivity index (χ0) is 19.6. The Morgan fingerprint density at radius 2 is 1.81 bits per heavy atom. The van der Waals surface area contributed by atoms with Crippen LogP contribution in [0.4, 0.5) is 18.9 Å². The Morgan fingerprint density at radius 1 is 1.11 bits per heavy atom. The quantitative estimate of drug-likeness (QED) is 0.764. The number of carbonyl (C=O) groups excluding carboxylic acids is 1. The van der Waals surface area contributed by atoms with Crippen molar-refractivity contribution < 1.29 is 18.0 Å². The molecule has 0 saturated heterocycles. The third kappa shape index (κ3) is 4.02. The van der Waals surface area contributed by atoms with Crippen LogP contribution in [0.1, 0.15) is 21.7 Å². The number of nitrogens with one attached hydrogen (secondary N) is 1. The van der Waals surface area contributed by atoms with Crippen molar-refractivity contribution in [1.29, 1.82) is 0 Å². The number of hydrogen-bond donors (Lipinski definition) is 1. The van der Waals surface area contributed by atoms with Gasteiger partial charge < -0.3 is 5.32 Å². The molecule has 0 unspecified atom stereocenters. The van der Waals surface area contributed by atoms with E-state index in [4.69, 9.17) is 0 Å². The lowest BCUT2D eigenvalue weighted by atomic mass is 10.2. The molecule has 138 valence electrons. The van der Waals surface area contributed by atoms with Crippen LogP contribution < -0.4 is 10.7 Å². The first-order valence-corrected chi connectivity index (χ1v) is 7.76. The summed E-state index contributed by atoms with van der Waals surface area (Å²) in [6.45, 7) is 1.51. The maximum absolute atomic E-state index is 12.9. The van der Waals surface area contributed by atoms with Crippen LogP contribution in [0.5, 0.6) is 0 Å². The zero-order valence-corrected chi connectivity index (χ0v) is 14.0. The number of aromatic nitrogens is 3. The van der Waals surface area contributed by atoms with Crippen molar-refractivity contribution in [3.05, 3.63) is 82.0 Å². The molecule has 6 nitrogen and oxygen atoms in total. The fourth-order valence-electron chi connectivity index (χ4n) is 2.41. The molecule has 1 amide bonds. The second-order valence-electron chi connectivity index (χ2n) is 5.65. The van der Waals surface area contributed by atoms with Gasteiger partial charge in [0.15, 0.2) is 5.69 Å². The third-order valence-corrected chi connectivity index (χ3v) is 3.68. The summed E-state index contributed by atoms with van der Waals surface area (Å²) in [5.74, 6) is -0.771. The minimum Gasteiger partial charge on any atom is -0.320 e. The van der Waals surface area contributed by atoms with Gasteiger partial charge in [-0.2, -0.15) is 18.3 Å². The number of carbonyl (C=O) groups is 1. The molecule has 0 bridgehead atoms. The summed E-state index contributed by atoms with van der Waals surface area (Å²) >= 11 is 0. The number of benzene rings is 1. The Bertz CT molecular complexity index is 1050. The van der Waals surface area contributed by atoms with E-state index < -0.39 is 28.8 Å². The number of nitrogens with zero attached hydrogens (tertiary/aromatic N) is 3. The monoisotopic (exact) mass is 374 g/mol. The highest BCUT2D eigenvalue weighted by molar-refractivity contribution is 6.02. The number of anilines is 1. The van der Waals surface area contributed by atoms with Crippen molar-refractivity contribution in [3.8, 4) is 5.69 Å². The van der Waals surface area contributed by atoms with Gasteiger partial charge in [-0.15, -0.1) is 0 Å². The Hall–Kier alpha value is -3.49. The molecule has 1 aromatic carbocycles. The van der Waals surface area contributed by atoms with Gasteiger partial charge in [0.05, 0.1) is 11.3 Å². The van der Waals surface area contributed by atoms with Gasteiger partial charge in [0.1, 0.15) is 0 Å². The highest BCUT2D eigenvalue weighted by Gasteiger charge is 2.30. The fourth-order valence-corrected chi connectivity index (χ4v) is 2.41. The number of pyridine rings is 1. The summed E-state index contributed by atoms with van der Waals surface area (Å²) in [4.78, 5) is 28.3. The molecule has 0 atom stereocenters. The predicted octanol–water partition coefficient (Wildman–Crippen LogP) is 3.21.